The lowest BCUT2D eigenvalue weighted by Crippen LogP contribution is -2.38. The average Bonchev–Trinajstić information content (AvgIpc) is 2.58. The van der Waals surface area contributed by atoms with Gasteiger partial charge in [0, 0.05) is 0 Å². The first-order valence-electron chi connectivity index (χ1n) is 10.8. The van der Waals surface area contributed by atoms with E-state index in [1.165, 1.54) is 57.8 Å². The highest BCUT2D eigenvalue weighted by molar-refractivity contribution is 5.75. The molecule has 0 aromatic carbocycles. The molecule has 2 nitrogen and oxygen atoms in total. The molecule has 0 radical (unpaired) electrons. The third-order valence-electron chi connectivity index (χ3n) is 5.88. The van der Waals surface area contributed by atoms with Crippen molar-refractivity contribution in [3.05, 3.63) is 0 Å². The molecule has 0 aliphatic carbocycles. The van der Waals surface area contributed by atoms with Crippen molar-refractivity contribution in [2.24, 2.45) is 11.3 Å². The summed E-state index contributed by atoms with van der Waals surface area (Å²) in [5.74, 6) is -0.176. The van der Waals surface area contributed by atoms with Crippen LogP contribution in [0.5, 0.6) is 0 Å². The van der Waals surface area contributed by atoms with E-state index in [-0.39, 0.29) is 0 Å². The lowest BCUT2D eigenvalue weighted by atomic mass is 9.66. The second-order valence-corrected chi connectivity index (χ2v) is 7.67. The van der Waals surface area contributed by atoms with Crippen LogP contribution >= 0.6 is 0 Å². The standard InChI is InChI=1S/C22H44O2/c1-5-9-12-13-14-15-16-18-20(17-10-6-2)22(8-4,21(23)24)19-11-7-3/h20H,5-19H2,1-4H3,(H,23,24). The largest absolute Gasteiger partial charge is 0.481 e. The van der Waals surface area contributed by atoms with Gasteiger partial charge < -0.3 is 5.11 Å². The minimum Gasteiger partial charge on any atom is -0.481 e. The Kier molecular flexibility index (Phi) is 14.5. The van der Waals surface area contributed by atoms with Gasteiger partial charge in [0.1, 0.15) is 0 Å². The van der Waals surface area contributed by atoms with Crippen LogP contribution in [0.3, 0.4) is 0 Å². The molecule has 0 rings (SSSR count). The maximum atomic E-state index is 12.2. The number of hydrogen-bond donors (Lipinski definition) is 1. The molecule has 0 fully saturated rings. The van der Waals surface area contributed by atoms with Crippen molar-refractivity contribution in [3.63, 3.8) is 0 Å². The Morgan fingerprint density at radius 3 is 1.75 bits per heavy atom. The van der Waals surface area contributed by atoms with Gasteiger partial charge in [0.05, 0.1) is 5.41 Å². The molecule has 24 heavy (non-hydrogen) atoms. The molecule has 2 heteroatoms. The van der Waals surface area contributed by atoms with Crippen LogP contribution in [0, 0.1) is 11.3 Å². The van der Waals surface area contributed by atoms with Crippen molar-refractivity contribution < 1.29 is 9.90 Å². The van der Waals surface area contributed by atoms with Crippen LogP contribution < -0.4 is 0 Å². The summed E-state index contributed by atoms with van der Waals surface area (Å²) in [6, 6.07) is 0. The molecule has 0 spiro atoms. The molecule has 2 unspecified atom stereocenters. The highest BCUT2D eigenvalue weighted by Crippen LogP contribution is 2.43. The molecule has 0 amide bonds. The zero-order valence-corrected chi connectivity index (χ0v) is 17.0. The molecule has 0 aliphatic rings. The minimum absolute atomic E-state index is 0.363. The number of aliphatic carboxylic acids is 1. The van der Waals surface area contributed by atoms with E-state index in [4.69, 9.17) is 0 Å². The van der Waals surface area contributed by atoms with Crippen molar-refractivity contribution in [1.29, 1.82) is 0 Å². The Labute approximate surface area is 151 Å². The second kappa shape index (κ2) is 14.8. The fourth-order valence-corrected chi connectivity index (χ4v) is 4.09. The molecule has 0 saturated carbocycles. The number of carboxylic acid groups (broad SMARTS) is 1. The molecular formula is C22H44O2. The summed E-state index contributed by atoms with van der Waals surface area (Å²) >= 11 is 0. The van der Waals surface area contributed by atoms with Crippen LogP contribution in [0.15, 0.2) is 0 Å². The smallest absolute Gasteiger partial charge is 0.309 e. The summed E-state index contributed by atoms with van der Waals surface area (Å²) in [7, 11) is 0. The average molecular weight is 341 g/mol. The van der Waals surface area contributed by atoms with Gasteiger partial charge in [-0.05, 0) is 31.6 Å². The molecule has 1 N–H and O–H groups in total. The van der Waals surface area contributed by atoms with Crippen molar-refractivity contribution in [1.82, 2.24) is 0 Å². The monoisotopic (exact) mass is 340 g/mol. The molecule has 2 atom stereocenters. The van der Waals surface area contributed by atoms with E-state index >= 15 is 0 Å². The molecule has 0 heterocycles. The normalized spacial score (nSPS) is 15.2. The van der Waals surface area contributed by atoms with E-state index < -0.39 is 11.4 Å². The van der Waals surface area contributed by atoms with Crippen molar-refractivity contribution in [3.8, 4) is 0 Å². The van der Waals surface area contributed by atoms with Crippen LogP contribution in [0.25, 0.3) is 0 Å². The van der Waals surface area contributed by atoms with Crippen LogP contribution in [0.2, 0.25) is 0 Å². The first-order chi connectivity index (χ1) is 11.6. The van der Waals surface area contributed by atoms with Gasteiger partial charge in [-0.25, -0.2) is 0 Å². The van der Waals surface area contributed by atoms with Crippen LogP contribution in [-0.2, 0) is 4.79 Å². The summed E-state index contributed by atoms with van der Waals surface area (Å²) < 4.78 is 0. The molecule has 0 aromatic heterocycles. The number of hydrogen-bond acceptors (Lipinski definition) is 1. The second-order valence-electron chi connectivity index (χ2n) is 7.67. The minimum atomic E-state index is -0.539. The summed E-state index contributed by atoms with van der Waals surface area (Å²) in [5, 5.41) is 10.0. The van der Waals surface area contributed by atoms with Gasteiger partial charge in [0.25, 0.3) is 0 Å². The molecule has 0 aliphatic heterocycles. The third kappa shape index (κ3) is 8.53. The summed E-state index contributed by atoms with van der Waals surface area (Å²) in [6.45, 7) is 8.73. The Hall–Kier alpha value is -0.530. The van der Waals surface area contributed by atoms with Gasteiger partial charge in [-0.2, -0.15) is 0 Å². The highest BCUT2D eigenvalue weighted by Gasteiger charge is 2.42. The quantitative estimate of drug-likeness (QED) is 0.277. The van der Waals surface area contributed by atoms with E-state index in [0.717, 1.165) is 38.5 Å². The predicted molar refractivity (Wildman–Crippen MR) is 106 cm³/mol. The van der Waals surface area contributed by atoms with E-state index in [2.05, 4.69) is 27.7 Å². The maximum absolute atomic E-state index is 12.2. The van der Waals surface area contributed by atoms with E-state index in [1.54, 1.807) is 0 Å². The van der Waals surface area contributed by atoms with Crippen LogP contribution in [0.1, 0.15) is 124 Å². The van der Waals surface area contributed by atoms with Crippen molar-refractivity contribution >= 4 is 5.97 Å². The van der Waals surface area contributed by atoms with E-state index in [1.807, 2.05) is 0 Å². The van der Waals surface area contributed by atoms with Gasteiger partial charge in [-0.1, -0.05) is 98.3 Å². The van der Waals surface area contributed by atoms with Crippen LogP contribution in [0.4, 0.5) is 0 Å². The SMILES string of the molecule is CCCCCCCCCC(CCCC)C(CC)(CCCC)C(=O)O. The lowest BCUT2D eigenvalue weighted by Gasteiger charge is -2.37. The number of carboxylic acids is 1. The lowest BCUT2D eigenvalue weighted by molar-refractivity contribution is -0.154. The number of rotatable bonds is 17. The third-order valence-corrected chi connectivity index (χ3v) is 5.88. The first kappa shape index (κ1) is 23.5. The highest BCUT2D eigenvalue weighted by atomic mass is 16.4. The van der Waals surface area contributed by atoms with Crippen molar-refractivity contribution in [2.45, 2.75) is 124 Å². The fourth-order valence-electron chi connectivity index (χ4n) is 4.09. The number of unbranched alkanes of at least 4 members (excludes halogenated alkanes) is 8. The summed E-state index contributed by atoms with van der Waals surface area (Å²) in [5.41, 5.74) is -0.479. The Balaban J connectivity index is 4.64. The Bertz CT molecular complexity index is 300. The van der Waals surface area contributed by atoms with Crippen LogP contribution in [-0.4, -0.2) is 11.1 Å². The summed E-state index contributed by atoms with van der Waals surface area (Å²) in [6.07, 6.45) is 17.5. The zero-order valence-electron chi connectivity index (χ0n) is 17.0. The topological polar surface area (TPSA) is 37.3 Å². The first-order valence-corrected chi connectivity index (χ1v) is 10.8. The zero-order chi connectivity index (χ0) is 18.3. The molecule has 0 saturated heterocycles. The van der Waals surface area contributed by atoms with Crippen molar-refractivity contribution in [2.75, 3.05) is 0 Å². The van der Waals surface area contributed by atoms with E-state index in [9.17, 15) is 9.90 Å². The van der Waals surface area contributed by atoms with Gasteiger partial charge in [0.2, 0.25) is 0 Å². The molecule has 0 bridgehead atoms. The molecule has 144 valence electrons. The maximum Gasteiger partial charge on any atom is 0.309 e. The summed E-state index contributed by atoms with van der Waals surface area (Å²) in [4.78, 5) is 12.2. The van der Waals surface area contributed by atoms with Gasteiger partial charge in [-0.3, -0.25) is 4.79 Å². The predicted octanol–water partition coefficient (Wildman–Crippen LogP) is 7.60. The van der Waals surface area contributed by atoms with Gasteiger partial charge in [0.15, 0.2) is 0 Å². The Morgan fingerprint density at radius 1 is 0.750 bits per heavy atom. The molecule has 0 aromatic rings. The molecular weight excluding hydrogens is 296 g/mol. The van der Waals surface area contributed by atoms with Gasteiger partial charge >= 0.3 is 5.97 Å². The number of carbonyl (C=O) groups is 1. The van der Waals surface area contributed by atoms with Gasteiger partial charge in [-0.15, -0.1) is 0 Å². The fraction of sp³-hybridized carbons (Fsp3) is 0.955. The Morgan fingerprint density at radius 2 is 1.25 bits per heavy atom. The van der Waals surface area contributed by atoms with E-state index in [0.29, 0.717) is 5.92 Å².